The van der Waals surface area contributed by atoms with Crippen LogP contribution in [-0.2, 0) is 13.0 Å². The summed E-state index contributed by atoms with van der Waals surface area (Å²) >= 11 is 1.70. The van der Waals surface area contributed by atoms with E-state index < -0.39 is 11.6 Å². The van der Waals surface area contributed by atoms with E-state index in [0.29, 0.717) is 6.42 Å². The third kappa shape index (κ3) is 3.61. The number of benzene rings is 1. The number of thiophene rings is 1. The van der Waals surface area contributed by atoms with Gasteiger partial charge in [-0.1, -0.05) is 12.1 Å². The summed E-state index contributed by atoms with van der Waals surface area (Å²) in [6.07, 6.45) is 0.697. The highest BCUT2D eigenvalue weighted by Crippen LogP contribution is 2.09. The van der Waals surface area contributed by atoms with Crippen molar-refractivity contribution < 1.29 is 8.78 Å². The number of halogens is 2. The first-order chi connectivity index (χ1) is 8.25. The fraction of sp³-hybridized carbons (Fsp3) is 0.231. The molecule has 0 aliphatic rings. The van der Waals surface area contributed by atoms with Crippen molar-refractivity contribution in [3.63, 3.8) is 0 Å². The van der Waals surface area contributed by atoms with Gasteiger partial charge in [0.1, 0.15) is 0 Å². The SMILES string of the molecule is Fc1ccc(CCNCc2cccs2)cc1F. The normalized spacial score (nSPS) is 10.7. The van der Waals surface area contributed by atoms with Crippen LogP contribution in [-0.4, -0.2) is 6.54 Å². The van der Waals surface area contributed by atoms with Gasteiger partial charge in [0.25, 0.3) is 0 Å². The monoisotopic (exact) mass is 253 g/mol. The topological polar surface area (TPSA) is 12.0 Å². The molecule has 1 aromatic carbocycles. The lowest BCUT2D eigenvalue weighted by Crippen LogP contribution is -2.16. The Morgan fingerprint density at radius 1 is 1.12 bits per heavy atom. The van der Waals surface area contributed by atoms with Crippen LogP contribution in [0.5, 0.6) is 0 Å². The van der Waals surface area contributed by atoms with Crippen LogP contribution < -0.4 is 5.32 Å². The fourth-order valence-electron chi connectivity index (χ4n) is 1.55. The van der Waals surface area contributed by atoms with E-state index in [2.05, 4.69) is 11.4 Å². The molecule has 0 saturated carbocycles. The maximum absolute atomic E-state index is 12.9. The van der Waals surface area contributed by atoms with Crippen LogP contribution in [0.4, 0.5) is 8.78 Å². The van der Waals surface area contributed by atoms with Gasteiger partial charge in [0.15, 0.2) is 11.6 Å². The number of hydrogen-bond acceptors (Lipinski definition) is 2. The molecule has 1 N–H and O–H groups in total. The highest BCUT2D eigenvalue weighted by atomic mass is 32.1. The lowest BCUT2D eigenvalue weighted by atomic mass is 10.1. The number of nitrogens with one attached hydrogen (secondary N) is 1. The zero-order valence-electron chi connectivity index (χ0n) is 9.25. The third-order valence-corrected chi connectivity index (χ3v) is 3.33. The summed E-state index contributed by atoms with van der Waals surface area (Å²) in [5.41, 5.74) is 0.808. The van der Waals surface area contributed by atoms with Gasteiger partial charge < -0.3 is 5.32 Å². The largest absolute Gasteiger partial charge is 0.312 e. The second kappa shape index (κ2) is 5.89. The Morgan fingerprint density at radius 2 is 2.00 bits per heavy atom. The van der Waals surface area contributed by atoms with Crippen LogP contribution >= 0.6 is 11.3 Å². The summed E-state index contributed by atoms with van der Waals surface area (Å²) < 4.78 is 25.6. The molecule has 90 valence electrons. The average molecular weight is 253 g/mol. The van der Waals surface area contributed by atoms with Gasteiger partial charge in [-0.05, 0) is 42.1 Å². The van der Waals surface area contributed by atoms with E-state index >= 15 is 0 Å². The number of hydrogen-bond donors (Lipinski definition) is 1. The van der Waals surface area contributed by atoms with Crippen molar-refractivity contribution in [2.24, 2.45) is 0 Å². The molecule has 0 fully saturated rings. The Hall–Kier alpha value is -1.26. The summed E-state index contributed by atoms with van der Waals surface area (Å²) in [6, 6.07) is 8.11. The summed E-state index contributed by atoms with van der Waals surface area (Å²) in [5, 5.41) is 5.30. The van der Waals surface area contributed by atoms with Crippen molar-refractivity contribution in [2.75, 3.05) is 6.54 Å². The van der Waals surface area contributed by atoms with E-state index in [1.54, 1.807) is 17.4 Å². The van der Waals surface area contributed by atoms with E-state index in [4.69, 9.17) is 0 Å². The standard InChI is InChI=1S/C13H13F2NS/c14-12-4-3-10(8-13(12)15)5-6-16-9-11-2-1-7-17-11/h1-4,7-8,16H,5-6,9H2. The molecule has 0 bridgehead atoms. The molecule has 2 rings (SSSR count). The minimum atomic E-state index is -0.791. The van der Waals surface area contributed by atoms with Crippen molar-refractivity contribution in [1.29, 1.82) is 0 Å². The molecule has 0 aliphatic heterocycles. The van der Waals surface area contributed by atoms with Crippen LogP contribution in [0.3, 0.4) is 0 Å². The zero-order chi connectivity index (χ0) is 12.1. The van der Waals surface area contributed by atoms with Crippen LogP contribution in [0.15, 0.2) is 35.7 Å². The minimum absolute atomic E-state index is 0.697. The predicted octanol–water partition coefficient (Wildman–Crippen LogP) is 3.36. The van der Waals surface area contributed by atoms with Crippen molar-refractivity contribution in [1.82, 2.24) is 5.32 Å². The van der Waals surface area contributed by atoms with Crippen molar-refractivity contribution >= 4 is 11.3 Å². The quantitative estimate of drug-likeness (QED) is 0.806. The first kappa shape index (κ1) is 12.2. The lowest BCUT2D eigenvalue weighted by Gasteiger charge is -2.04. The average Bonchev–Trinajstić information content (AvgIpc) is 2.82. The van der Waals surface area contributed by atoms with Crippen LogP contribution in [0, 0.1) is 11.6 Å². The summed E-state index contributed by atoms with van der Waals surface area (Å²) in [4.78, 5) is 1.27. The minimum Gasteiger partial charge on any atom is -0.312 e. The van der Waals surface area contributed by atoms with Gasteiger partial charge in [-0.25, -0.2) is 8.78 Å². The maximum Gasteiger partial charge on any atom is 0.159 e. The smallest absolute Gasteiger partial charge is 0.159 e. The number of rotatable bonds is 5. The predicted molar refractivity (Wildman–Crippen MR) is 66.1 cm³/mol. The van der Waals surface area contributed by atoms with Gasteiger partial charge in [-0.3, -0.25) is 0 Å². The molecule has 0 spiro atoms. The Balaban J connectivity index is 1.76. The molecule has 4 heteroatoms. The molecule has 1 aromatic heterocycles. The third-order valence-electron chi connectivity index (χ3n) is 2.45. The first-order valence-electron chi connectivity index (χ1n) is 5.43. The molecule has 1 heterocycles. The molecule has 2 aromatic rings. The Bertz CT molecular complexity index is 468. The van der Waals surface area contributed by atoms with Crippen molar-refractivity contribution in [3.05, 3.63) is 57.8 Å². The van der Waals surface area contributed by atoms with Crippen LogP contribution in [0.1, 0.15) is 10.4 Å². The van der Waals surface area contributed by atoms with Gasteiger partial charge in [-0.15, -0.1) is 11.3 Å². The summed E-state index contributed by atoms with van der Waals surface area (Å²) in [6.45, 7) is 1.57. The van der Waals surface area contributed by atoms with Crippen molar-refractivity contribution in [2.45, 2.75) is 13.0 Å². The molecule has 0 aliphatic carbocycles. The highest BCUT2D eigenvalue weighted by Gasteiger charge is 2.02. The van der Waals surface area contributed by atoms with E-state index in [0.717, 1.165) is 18.7 Å². The van der Waals surface area contributed by atoms with Gasteiger partial charge in [0.2, 0.25) is 0 Å². The second-order valence-electron chi connectivity index (χ2n) is 3.75. The Kier molecular flexibility index (Phi) is 4.23. The van der Waals surface area contributed by atoms with E-state index in [1.807, 2.05) is 11.4 Å². The Labute approximate surface area is 103 Å². The molecule has 17 heavy (non-hydrogen) atoms. The van der Waals surface area contributed by atoms with Crippen LogP contribution in [0.25, 0.3) is 0 Å². The van der Waals surface area contributed by atoms with E-state index in [9.17, 15) is 8.78 Å². The van der Waals surface area contributed by atoms with Gasteiger partial charge in [0, 0.05) is 11.4 Å². The van der Waals surface area contributed by atoms with Crippen molar-refractivity contribution in [3.8, 4) is 0 Å². The van der Waals surface area contributed by atoms with Gasteiger partial charge in [0.05, 0.1) is 0 Å². The van der Waals surface area contributed by atoms with E-state index in [-0.39, 0.29) is 0 Å². The molecule has 0 unspecified atom stereocenters. The van der Waals surface area contributed by atoms with Crippen LogP contribution in [0.2, 0.25) is 0 Å². The fourth-order valence-corrected chi connectivity index (χ4v) is 2.23. The summed E-state index contributed by atoms with van der Waals surface area (Å²) in [7, 11) is 0. The molecular weight excluding hydrogens is 240 g/mol. The maximum atomic E-state index is 12.9. The molecule has 0 atom stereocenters. The van der Waals surface area contributed by atoms with E-state index in [1.165, 1.54) is 17.0 Å². The Morgan fingerprint density at radius 3 is 2.71 bits per heavy atom. The molecule has 0 amide bonds. The summed E-state index contributed by atoms with van der Waals surface area (Å²) in [5.74, 6) is -1.57. The molecule has 1 nitrogen and oxygen atoms in total. The highest BCUT2D eigenvalue weighted by molar-refractivity contribution is 7.09. The van der Waals surface area contributed by atoms with Gasteiger partial charge >= 0.3 is 0 Å². The van der Waals surface area contributed by atoms with Gasteiger partial charge in [-0.2, -0.15) is 0 Å². The first-order valence-corrected chi connectivity index (χ1v) is 6.31. The lowest BCUT2D eigenvalue weighted by molar-refractivity contribution is 0.506. The second-order valence-corrected chi connectivity index (χ2v) is 4.79. The molecular formula is C13H13F2NS. The zero-order valence-corrected chi connectivity index (χ0v) is 10.1. The molecule has 0 radical (unpaired) electrons. The molecule has 0 saturated heterocycles.